The fourth-order valence-corrected chi connectivity index (χ4v) is 1.89. The molecule has 1 fully saturated rings. The summed E-state index contributed by atoms with van der Waals surface area (Å²) in [4.78, 5) is 13.7. The van der Waals surface area contributed by atoms with Gasteiger partial charge in [0.25, 0.3) is 5.91 Å². The maximum absolute atomic E-state index is 12.0. The number of likely N-dealkylation sites (tertiary alicyclic amines) is 1. The number of amides is 1. The first kappa shape index (κ1) is 11.3. The molecule has 2 rings (SSSR count). The monoisotopic (exact) mass is 240 g/mol. The Labute approximate surface area is 98.6 Å². The summed E-state index contributed by atoms with van der Waals surface area (Å²) in [6.45, 7) is 1.32. The van der Waals surface area contributed by atoms with Crippen LogP contribution in [-0.4, -0.2) is 40.1 Å². The molecule has 5 nitrogen and oxygen atoms in total. The highest BCUT2D eigenvalue weighted by molar-refractivity contribution is 6.29. The molecule has 86 valence electrons. The van der Waals surface area contributed by atoms with Crippen LogP contribution >= 0.6 is 11.6 Å². The number of halogens is 1. The summed E-state index contributed by atoms with van der Waals surface area (Å²) < 4.78 is 0. The predicted molar refractivity (Wildman–Crippen MR) is 60.2 cm³/mol. The summed E-state index contributed by atoms with van der Waals surface area (Å²) in [7, 11) is 0. The average molecular weight is 241 g/mol. The van der Waals surface area contributed by atoms with E-state index in [9.17, 15) is 4.79 Å². The Balaban J connectivity index is 2.09. The van der Waals surface area contributed by atoms with Gasteiger partial charge in [0.15, 0.2) is 10.8 Å². The zero-order valence-electron chi connectivity index (χ0n) is 8.77. The lowest BCUT2D eigenvalue weighted by atomic mass is 10.1. The molecule has 1 saturated heterocycles. The molecule has 2 heterocycles. The van der Waals surface area contributed by atoms with Gasteiger partial charge in [0.05, 0.1) is 0 Å². The van der Waals surface area contributed by atoms with Crippen LogP contribution in [-0.2, 0) is 0 Å². The number of nitrogens with zero attached hydrogens (tertiary/aromatic N) is 3. The quantitative estimate of drug-likeness (QED) is 0.784. The molecular formula is C10H13ClN4O. The second kappa shape index (κ2) is 4.76. The van der Waals surface area contributed by atoms with Crippen LogP contribution in [0.5, 0.6) is 0 Å². The standard InChI is InChI=1S/C10H13ClN4O/c11-9-4-3-8(13-14-9)10(16)15-5-1-2-7(12)6-15/h3-4,7H,1-2,5-6,12H2. The minimum Gasteiger partial charge on any atom is -0.336 e. The van der Waals surface area contributed by atoms with Gasteiger partial charge in [-0.25, -0.2) is 0 Å². The first-order chi connectivity index (χ1) is 7.66. The van der Waals surface area contributed by atoms with Crippen molar-refractivity contribution in [3.05, 3.63) is 23.0 Å². The van der Waals surface area contributed by atoms with Crippen molar-refractivity contribution in [2.24, 2.45) is 5.73 Å². The average Bonchev–Trinajstić information content (AvgIpc) is 2.29. The van der Waals surface area contributed by atoms with Crippen LogP contribution in [0.25, 0.3) is 0 Å². The van der Waals surface area contributed by atoms with Crippen molar-refractivity contribution in [2.75, 3.05) is 13.1 Å². The summed E-state index contributed by atoms with van der Waals surface area (Å²) in [5, 5.41) is 7.70. The van der Waals surface area contributed by atoms with Crippen LogP contribution in [0.3, 0.4) is 0 Å². The van der Waals surface area contributed by atoms with Crippen molar-refractivity contribution in [3.63, 3.8) is 0 Å². The number of nitrogens with two attached hydrogens (primary N) is 1. The van der Waals surface area contributed by atoms with E-state index in [1.807, 2.05) is 0 Å². The van der Waals surface area contributed by atoms with E-state index in [-0.39, 0.29) is 17.1 Å². The number of carbonyl (C=O) groups is 1. The molecule has 6 heteroatoms. The van der Waals surface area contributed by atoms with Gasteiger partial charge >= 0.3 is 0 Å². The molecular weight excluding hydrogens is 228 g/mol. The third kappa shape index (κ3) is 2.48. The summed E-state index contributed by atoms with van der Waals surface area (Å²) >= 11 is 5.61. The molecule has 1 aliphatic heterocycles. The van der Waals surface area contributed by atoms with Crippen LogP contribution in [0.1, 0.15) is 23.3 Å². The Bertz CT molecular complexity index is 381. The van der Waals surface area contributed by atoms with Crippen LogP contribution in [0.15, 0.2) is 12.1 Å². The van der Waals surface area contributed by atoms with Gasteiger partial charge in [-0.15, -0.1) is 10.2 Å². The fraction of sp³-hybridized carbons (Fsp3) is 0.500. The zero-order chi connectivity index (χ0) is 11.5. The molecule has 1 aromatic rings. The summed E-state index contributed by atoms with van der Waals surface area (Å²) in [6, 6.07) is 3.21. The van der Waals surface area contributed by atoms with E-state index in [1.165, 1.54) is 0 Å². The largest absolute Gasteiger partial charge is 0.336 e. The second-order valence-corrected chi connectivity index (χ2v) is 4.28. The third-order valence-electron chi connectivity index (χ3n) is 2.60. The molecule has 1 aliphatic rings. The van der Waals surface area contributed by atoms with Crippen molar-refractivity contribution >= 4 is 17.5 Å². The van der Waals surface area contributed by atoms with Gasteiger partial charge in [-0.2, -0.15) is 0 Å². The lowest BCUT2D eigenvalue weighted by Gasteiger charge is -2.30. The lowest BCUT2D eigenvalue weighted by molar-refractivity contribution is 0.0701. The summed E-state index contributed by atoms with van der Waals surface area (Å²) in [5.41, 5.74) is 6.13. The molecule has 0 aliphatic carbocycles. The Morgan fingerprint density at radius 1 is 1.50 bits per heavy atom. The van der Waals surface area contributed by atoms with Crippen molar-refractivity contribution in [1.29, 1.82) is 0 Å². The Hall–Kier alpha value is -1.20. The van der Waals surface area contributed by atoms with Crippen LogP contribution in [0.4, 0.5) is 0 Å². The minimum absolute atomic E-state index is 0.0676. The van der Waals surface area contributed by atoms with Gasteiger partial charge in [0.2, 0.25) is 0 Å². The van der Waals surface area contributed by atoms with E-state index >= 15 is 0 Å². The zero-order valence-corrected chi connectivity index (χ0v) is 9.52. The molecule has 0 aromatic carbocycles. The van der Waals surface area contributed by atoms with Gasteiger partial charge in [-0.05, 0) is 25.0 Å². The molecule has 1 unspecified atom stereocenters. The van der Waals surface area contributed by atoms with Crippen molar-refractivity contribution in [3.8, 4) is 0 Å². The van der Waals surface area contributed by atoms with Gasteiger partial charge < -0.3 is 10.6 Å². The number of rotatable bonds is 1. The van der Waals surface area contributed by atoms with E-state index in [2.05, 4.69) is 10.2 Å². The SMILES string of the molecule is NC1CCCN(C(=O)c2ccc(Cl)nn2)C1. The third-order valence-corrected chi connectivity index (χ3v) is 2.80. The number of carbonyl (C=O) groups excluding carboxylic acids is 1. The minimum atomic E-state index is -0.126. The van der Waals surface area contributed by atoms with Crippen LogP contribution < -0.4 is 5.73 Å². The second-order valence-electron chi connectivity index (χ2n) is 3.89. The molecule has 16 heavy (non-hydrogen) atoms. The van der Waals surface area contributed by atoms with Crippen LogP contribution in [0, 0.1) is 0 Å². The van der Waals surface area contributed by atoms with E-state index in [4.69, 9.17) is 17.3 Å². The molecule has 0 saturated carbocycles. The van der Waals surface area contributed by atoms with E-state index in [1.54, 1.807) is 17.0 Å². The molecule has 2 N–H and O–H groups in total. The fourth-order valence-electron chi connectivity index (χ4n) is 1.79. The van der Waals surface area contributed by atoms with Crippen molar-refractivity contribution < 1.29 is 4.79 Å². The molecule has 0 spiro atoms. The topological polar surface area (TPSA) is 72.1 Å². The van der Waals surface area contributed by atoms with Gasteiger partial charge in [-0.1, -0.05) is 11.6 Å². The van der Waals surface area contributed by atoms with E-state index < -0.39 is 0 Å². The van der Waals surface area contributed by atoms with Gasteiger partial charge in [0.1, 0.15) is 0 Å². The first-order valence-corrected chi connectivity index (χ1v) is 5.58. The molecule has 1 aromatic heterocycles. The lowest BCUT2D eigenvalue weighted by Crippen LogP contribution is -2.45. The maximum atomic E-state index is 12.0. The van der Waals surface area contributed by atoms with Gasteiger partial charge in [0, 0.05) is 19.1 Å². The van der Waals surface area contributed by atoms with Crippen LogP contribution in [0.2, 0.25) is 5.15 Å². The first-order valence-electron chi connectivity index (χ1n) is 5.21. The number of piperidine rings is 1. The predicted octanol–water partition coefficient (Wildman–Crippen LogP) is 0.693. The normalized spacial score (nSPS) is 20.9. The molecule has 0 radical (unpaired) electrons. The number of hydrogen-bond acceptors (Lipinski definition) is 4. The molecule has 1 amide bonds. The highest BCUT2D eigenvalue weighted by Crippen LogP contribution is 2.12. The van der Waals surface area contributed by atoms with E-state index in [0.717, 1.165) is 19.4 Å². The maximum Gasteiger partial charge on any atom is 0.274 e. The van der Waals surface area contributed by atoms with E-state index in [0.29, 0.717) is 12.2 Å². The summed E-state index contributed by atoms with van der Waals surface area (Å²) in [5.74, 6) is -0.126. The highest BCUT2D eigenvalue weighted by Gasteiger charge is 2.23. The number of aromatic nitrogens is 2. The molecule has 1 atom stereocenters. The van der Waals surface area contributed by atoms with Crippen molar-refractivity contribution in [2.45, 2.75) is 18.9 Å². The smallest absolute Gasteiger partial charge is 0.274 e. The Morgan fingerprint density at radius 2 is 2.31 bits per heavy atom. The molecule has 0 bridgehead atoms. The number of hydrogen-bond donors (Lipinski definition) is 1. The Morgan fingerprint density at radius 3 is 2.94 bits per heavy atom. The summed E-state index contributed by atoms with van der Waals surface area (Å²) in [6.07, 6.45) is 1.91. The van der Waals surface area contributed by atoms with Gasteiger partial charge in [-0.3, -0.25) is 4.79 Å². The Kier molecular flexibility index (Phi) is 3.36. The highest BCUT2D eigenvalue weighted by atomic mass is 35.5. The van der Waals surface area contributed by atoms with Crippen molar-refractivity contribution in [1.82, 2.24) is 15.1 Å².